The van der Waals surface area contributed by atoms with Crippen LogP contribution in [0.3, 0.4) is 0 Å². The van der Waals surface area contributed by atoms with E-state index >= 15 is 0 Å². The predicted octanol–water partition coefficient (Wildman–Crippen LogP) is 8.18. The van der Waals surface area contributed by atoms with Crippen LogP contribution in [0.15, 0.2) is 59.1 Å². The molecule has 252 valence electrons. The van der Waals surface area contributed by atoms with Crippen LogP contribution in [0.4, 0.5) is 14.6 Å². The largest absolute Gasteiger partial charge is 0.493 e. The second-order valence-electron chi connectivity index (χ2n) is 13.0. The number of ether oxygens (including phenoxy) is 1. The molecule has 50 heavy (non-hydrogen) atoms. The van der Waals surface area contributed by atoms with Crippen molar-refractivity contribution in [2.75, 3.05) is 19.0 Å². The number of carbonyl (C=O) groups excluding carboxylic acids is 1. The SMILES string of the molecule is COc1c(F)ccc2c1CC[C@@H]2Nc1nccc2cc(-c3c4c(nc(CCc5ccccc5F)c3-c3nnc(C)o3)[C@H]3CCCN3C4=O)sc12. The van der Waals surface area contributed by atoms with Crippen molar-refractivity contribution < 1.29 is 22.7 Å². The summed E-state index contributed by atoms with van der Waals surface area (Å²) in [5, 5.41) is 13.2. The molecule has 6 heterocycles. The van der Waals surface area contributed by atoms with Gasteiger partial charge in [-0.2, -0.15) is 0 Å². The number of nitrogens with one attached hydrogen (secondary N) is 1. The number of aryl methyl sites for hydroxylation is 3. The Morgan fingerprint density at radius 1 is 1.04 bits per heavy atom. The topological polar surface area (TPSA) is 106 Å². The molecule has 1 amide bonds. The third-order valence-electron chi connectivity index (χ3n) is 10.2. The van der Waals surface area contributed by atoms with Gasteiger partial charge in [-0.25, -0.2) is 13.8 Å². The number of methoxy groups -OCH3 is 1. The van der Waals surface area contributed by atoms with E-state index in [1.807, 2.05) is 23.1 Å². The number of hydrogen-bond donors (Lipinski definition) is 1. The smallest absolute Gasteiger partial charge is 0.257 e. The number of aromatic nitrogens is 4. The van der Waals surface area contributed by atoms with E-state index in [0.717, 1.165) is 51.0 Å². The highest BCUT2D eigenvalue weighted by Gasteiger charge is 2.45. The molecule has 1 aliphatic carbocycles. The van der Waals surface area contributed by atoms with Crippen LogP contribution >= 0.6 is 11.3 Å². The number of amides is 1. The Kier molecular flexibility index (Phi) is 7.38. The molecule has 3 aliphatic rings. The van der Waals surface area contributed by atoms with E-state index in [4.69, 9.17) is 19.1 Å². The van der Waals surface area contributed by atoms with Crippen molar-refractivity contribution in [1.29, 1.82) is 0 Å². The minimum absolute atomic E-state index is 0.0548. The van der Waals surface area contributed by atoms with Crippen molar-refractivity contribution in [2.24, 2.45) is 0 Å². The zero-order valence-electron chi connectivity index (χ0n) is 27.4. The molecule has 1 fully saturated rings. The fourth-order valence-electron chi connectivity index (χ4n) is 7.93. The average molecular weight is 691 g/mol. The van der Waals surface area contributed by atoms with Gasteiger partial charge in [0, 0.05) is 35.7 Å². The lowest BCUT2D eigenvalue weighted by molar-refractivity contribution is 0.0776. The van der Waals surface area contributed by atoms with Gasteiger partial charge in [0.1, 0.15) is 11.6 Å². The molecule has 12 heteroatoms. The molecule has 1 saturated heterocycles. The Bertz CT molecular complexity index is 2340. The summed E-state index contributed by atoms with van der Waals surface area (Å²) in [5.41, 5.74) is 5.75. The zero-order chi connectivity index (χ0) is 34.1. The van der Waals surface area contributed by atoms with E-state index in [2.05, 4.69) is 21.6 Å². The number of benzene rings is 2. The summed E-state index contributed by atoms with van der Waals surface area (Å²) < 4.78 is 41.7. The van der Waals surface area contributed by atoms with E-state index in [1.54, 1.807) is 25.3 Å². The maximum Gasteiger partial charge on any atom is 0.257 e. The normalized spacial score (nSPS) is 17.8. The predicted molar refractivity (Wildman–Crippen MR) is 185 cm³/mol. The maximum absolute atomic E-state index is 14.8. The number of nitrogens with zero attached hydrogens (tertiary/aromatic N) is 5. The van der Waals surface area contributed by atoms with E-state index < -0.39 is 0 Å². The van der Waals surface area contributed by atoms with Crippen LogP contribution in [-0.2, 0) is 19.3 Å². The van der Waals surface area contributed by atoms with Gasteiger partial charge >= 0.3 is 0 Å². The van der Waals surface area contributed by atoms with Crippen molar-refractivity contribution in [2.45, 2.75) is 57.5 Å². The van der Waals surface area contributed by atoms with Gasteiger partial charge in [-0.15, -0.1) is 21.5 Å². The third-order valence-corrected chi connectivity index (χ3v) is 11.3. The molecule has 2 atom stereocenters. The van der Waals surface area contributed by atoms with Crippen LogP contribution in [0, 0.1) is 18.6 Å². The molecule has 0 saturated carbocycles. The summed E-state index contributed by atoms with van der Waals surface area (Å²) in [6, 6.07) is 13.9. The Balaban J connectivity index is 1.20. The van der Waals surface area contributed by atoms with Crippen LogP contribution in [-0.4, -0.2) is 44.6 Å². The fraction of sp³-hybridized carbons (Fsp3) is 0.289. The number of carbonyl (C=O) groups is 1. The molecular formula is C38H32F2N6O3S. The van der Waals surface area contributed by atoms with Crippen molar-refractivity contribution in [3.8, 4) is 27.6 Å². The molecule has 0 radical (unpaired) electrons. The fourth-order valence-corrected chi connectivity index (χ4v) is 9.09. The number of anilines is 1. The first-order valence-corrected chi connectivity index (χ1v) is 17.6. The number of hydrogen-bond acceptors (Lipinski definition) is 9. The highest BCUT2D eigenvalue weighted by atomic mass is 32.1. The molecule has 9 nitrogen and oxygen atoms in total. The van der Waals surface area contributed by atoms with Gasteiger partial charge in [0.25, 0.3) is 5.91 Å². The van der Waals surface area contributed by atoms with Crippen LogP contribution in [0.2, 0.25) is 0 Å². The molecule has 0 spiro atoms. The third kappa shape index (κ3) is 4.87. The number of thiophene rings is 1. The quantitative estimate of drug-likeness (QED) is 0.171. The van der Waals surface area contributed by atoms with Gasteiger partial charge < -0.3 is 19.4 Å². The van der Waals surface area contributed by atoms with Crippen LogP contribution in [0.5, 0.6) is 5.75 Å². The summed E-state index contributed by atoms with van der Waals surface area (Å²) >= 11 is 1.53. The molecule has 0 bridgehead atoms. The summed E-state index contributed by atoms with van der Waals surface area (Å²) in [6.07, 6.45) is 5.77. The Hall–Kier alpha value is -5.23. The van der Waals surface area contributed by atoms with Crippen molar-refractivity contribution >= 4 is 33.1 Å². The van der Waals surface area contributed by atoms with Gasteiger partial charge in [-0.1, -0.05) is 24.3 Å². The van der Waals surface area contributed by atoms with Crippen molar-refractivity contribution in [1.82, 2.24) is 25.1 Å². The van der Waals surface area contributed by atoms with E-state index in [0.29, 0.717) is 71.2 Å². The molecule has 4 aromatic heterocycles. The molecule has 0 unspecified atom stereocenters. The van der Waals surface area contributed by atoms with Gasteiger partial charge in [-0.3, -0.25) is 9.78 Å². The van der Waals surface area contributed by atoms with Crippen LogP contribution in [0.1, 0.15) is 75.7 Å². The lowest BCUT2D eigenvalue weighted by Crippen LogP contribution is -2.22. The Morgan fingerprint density at radius 2 is 1.92 bits per heavy atom. The van der Waals surface area contributed by atoms with Gasteiger partial charge in [0.05, 0.1) is 46.4 Å². The van der Waals surface area contributed by atoms with Gasteiger partial charge in [-0.05, 0) is 79.3 Å². The molecule has 1 N–H and O–H groups in total. The first-order chi connectivity index (χ1) is 24.4. The second-order valence-corrected chi connectivity index (χ2v) is 14.1. The minimum atomic E-state index is -0.365. The minimum Gasteiger partial charge on any atom is -0.493 e. The van der Waals surface area contributed by atoms with Crippen molar-refractivity contribution in [3.05, 3.63) is 106 Å². The van der Waals surface area contributed by atoms with E-state index in [-0.39, 0.29) is 35.5 Å². The molecule has 6 aromatic rings. The van der Waals surface area contributed by atoms with Gasteiger partial charge in [0.15, 0.2) is 11.6 Å². The second kappa shape index (κ2) is 12.0. The molecule has 2 aliphatic heterocycles. The monoisotopic (exact) mass is 690 g/mol. The maximum atomic E-state index is 14.8. The van der Waals surface area contributed by atoms with Crippen LogP contribution < -0.4 is 10.1 Å². The van der Waals surface area contributed by atoms with Crippen molar-refractivity contribution in [3.63, 3.8) is 0 Å². The summed E-state index contributed by atoms with van der Waals surface area (Å²) in [6.45, 7) is 2.40. The number of rotatable bonds is 8. The Morgan fingerprint density at radius 3 is 2.74 bits per heavy atom. The first kappa shape index (κ1) is 30.8. The highest BCUT2D eigenvalue weighted by molar-refractivity contribution is 7.23. The highest BCUT2D eigenvalue weighted by Crippen LogP contribution is 2.51. The lowest BCUT2D eigenvalue weighted by Gasteiger charge is -2.16. The number of fused-ring (bicyclic) bond motifs is 5. The standard InChI is InChI=1S/C38H32F2N6O3S/c1-19-44-45-37(49-19)30-27(13-9-20-6-3-4-7-24(20)39)42-33-28-8-5-17-46(28)38(47)32(33)31(30)29-18-21-15-16-41-36(35(21)50-29)43-26-14-11-23-22(26)10-12-25(40)34(23)48-2/h3-4,6-7,10,12,15-16,18,26,28H,5,8-9,11,13-14,17H2,1-2H3,(H,41,43)/t26-,28+/m0/s1. The van der Waals surface area contributed by atoms with E-state index in [1.165, 1.54) is 30.6 Å². The van der Waals surface area contributed by atoms with E-state index in [9.17, 15) is 13.6 Å². The lowest BCUT2D eigenvalue weighted by atomic mass is 9.93. The average Bonchev–Trinajstić information content (AvgIpc) is 3.95. The Labute approximate surface area is 290 Å². The van der Waals surface area contributed by atoms with Gasteiger partial charge in [0.2, 0.25) is 11.8 Å². The zero-order valence-corrected chi connectivity index (χ0v) is 28.2. The summed E-state index contributed by atoms with van der Waals surface area (Å²) in [7, 11) is 1.49. The summed E-state index contributed by atoms with van der Waals surface area (Å²) in [4.78, 5) is 26.9. The number of halogens is 2. The van der Waals surface area contributed by atoms with Crippen LogP contribution in [0.25, 0.3) is 32.0 Å². The molecule has 9 rings (SSSR count). The number of pyridine rings is 2. The first-order valence-electron chi connectivity index (χ1n) is 16.8. The summed E-state index contributed by atoms with van der Waals surface area (Å²) in [5.74, 6) is 0.964. The molecular weight excluding hydrogens is 659 g/mol. The molecule has 2 aromatic carbocycles.